The fourth-order valence-corrected chi connectivity index (χ4v) is 2.88. The average molecular weight is 293 g/mol. The molecule has 0 aliphatic heterocycles. The number of hydrogen-bond acceptors (Lipinski definition) is 4. The van der Waals surface area contributed by atoms with Crippen LogP contribution in [0, 0.1) is 0 Å². The van der Waals surface area contributed by atoms with Crippen LogP contribution in [0.25, 0.3) is 0 Å². The van der Waals surface area contributed by atoms with Gasteiger partial charge in [-0.15, -0.1) is 0 Å². The molecule has 1 aromatic rings. The Morgan fingerprint density at radius 3 is 2.48 bits per heavy atom. The van der Waals surface area contributed by atoms with Crippen molar-refractivity contribution >= 4 is 5.97 Å². The molecule has 0 radical (unpaired) electrons. The number of carbonyl (C=O) groups is 1. The second kappa shape index (κ2) is 7.31. The maximum atomic E-state index is 11.5. The quantitative estimate of drug-likeness (QED) is 0.728. The Morgan fingerprint density at radius 1 is 1.29 bits per heavy atom. The molecule has 1 fully saturated rings. The average Bonchev–Trinajstić information content (AvgIpc) is 2.73. The number of phenols is 1. The van der Waals surface area contributed by atoms with Crippen molar-refractivity contribution in [2.75, 3.05) is 7.11 Å². The van der Waals surface area contributed by atoms with Crippen molar-refractivity contribution in [2.45, 2.75) is 50.6 Å². The first-order chi connectivity index (χ1) is 10.1. The standard InChI is InChI=1S/C16H23NO4/c1-21-14-9-8-11(10-13(14)18)15(16(19)20)17-12-6-4-2-3-5-7-12/h8-10,12,15,17-18H,2-7H2,1H3,(H,19,20). The molecule has 3 N–H and O–H groups in total. The molecule has 1 saturated carbocycles. The first kappa shape index (κ1) is 15.6. The van der Waals surface area contributed by atoms with E-state index in [1.807, 2.05) is 0 Å². The zero-order chi connectivity index (χ0) is 15.2. The smallest absolute Gasteiger partial charge is 0.325 e. The van der Waals surface area contributed by atoms with Crippen molar-refractivity contribution in [3.05, 3.63) is 23.8 Å². The van der Waals surface area contributed by atoms with Crippen LogP contribution >= 0.6 is 0 Å². The zero-order valence-corrected chi connectivity index (χ0v) is 12.3. The van der Waals surface area contributed by atoms with Crippen LogP contribution in [0.4, 0.5) is 0 Å². The molecular weight excluding hydrogens is 270 g/mol. The van der Waals surface area contributed by atoms with Crippen LogP contribution < -0.4 is 10.1 Å². The van der Waals surface area contributed by atoms with E-state index < -0.39 is 12.0 Å². The van der Waals surface area contributed by atoms with Gasteiger partial charge in [0.25, 0.3) is 0 Å². The Kier molecular flexibility index (Phi) is 5.44. The molecule has 1 aliphatic carbocycles. The first-order valence-electron chi connectivity index (χ1n) is 7.47. The lowest BCUT2D eigenvalue weighted by Crippen LogP contribution is -2.36. The zero-order valence-electron chi connectivity index (χ0n) is 12.3. The molecule has 5 nitrogen and oxygen atoms in total. The lowest BCUT2D eigenvalue weighted by molar-refractivity contribution is -0.140. The van der Waals surface area contributed by atoms with Crippen molar-refractivity contribution in [3.8, 4) is 11.5 Å². The topological polar surface area (TPSA) is 78.8 Å². The van der Waals surface area contributed by atoms with Gasteiger partial charge in [-0.3, -0.25) is 10.1 Å². The Balaban J connectivity index is 2.14. The third-order valence-electron chi connectivity index (χ3n) is 4.04. The molecule has 0 bridgehead atoms. The van der Waals surface area contributed by atoms with Gasteiger partial charge in [0, 0.05) is 6.04 Å². The van der Waals surface area contributed by atoms with Gasteiger partial charge in [0.2, 0.25) is 0 Å². The monoisotopic (exact) mass is 293 g/mol. The third kappa shape index (κ3) is 4.11. The summed E-state index contributed by atoms with van der Waals surface area (Å²) in [5.41, 5.74) is 0.546. The van der Waals surface area contributed by atoms with Crippen molar-refractivity contribution in [2.24, 2.45) is 0 Å². The molecule has 0 amide bonds. The van der Waals surface area contributed by atoms with Gasteiger partial charge in [0.05, 0.1) is 7.11 Å². The van der Waals surface area contributed by atoms with Crippen LogP contribution in [0.3, 0.4) is 0 Å². The first-order valence-corrected chi connectivity index (χ1v) is 7.47. The number of methoxy groups -OCH3 is 1. The van der Waals surface area contributed by atoms with E-state index in [0.717, 1.165) is 25.7 Å². The lowest BCUT2D eigenvalue weighted by atomic mass is 10.0. The summed E-state index contributed by atoms with van der Waals surface area (Å²) < 4.78 is 4.99. The van der Waals surface area contributed by atoms with E-state index in [1.165, 1.54) is 26.0 Å². The SMILES string of the molecule is COc1ccc(C(NC2CCCCCC2)C(=O)O)cc1O. The minimum Gasteiger partial charge on any atom is -0.504 e. The Bertz CT molecular complexity index is 481. The lowest BCUT2D eigenvalue weighted by Gasteiger charge is -2.22. The summed E-state index contributed by atoms with van der Waals surface area (Å²) in [6.07, 6.45) is 6.73. The molecule has 1 aromatic carbocycles. The van der Waals surface area contributed by atoms with Gasteiger partial charge in [-0.2, -0.15) is 0 Å². The summed E-state index contributed by atoms with van der Waals surface area (Å²) in [7, 11) is 1.47. The maximum absolute atomic E-state index is 11.5. The molecule has 1 atom stereocenters. The highest BCUT2D eigenvalue weighted by Crippen LogP contribution is 2.30. The molecule has 0 saturated heterocycles. The van der Waals surface area contributed by atoms with E-state index in [0.29, 0.717) is 11.3 Å². The largest absolute Gasteiger partial charge is 0.504 e. The molecular formula is C16H23NO4. The minimum absolute atomic E-state index is 0.0380. The van der Waals surface area contributed by atoms with Gasteiger partial charge in [-0.25, -0.2) is 0 Å². The van der Waals surface area contributed by atoms with Gasteiger partial charge in [-0.05, 0) is 30.5 Å². The number of benzene rings is 1. The number of rotatable bonds is 5. The fraction of sp³-hybridized carbons (Fsp3) is 0.562. The Hall–Kier alpha value is -1.75. The molecule has 116 valence electrons. The minimum atomic E-state index is -0.927. The number of carboxylic acids is 1. The summed E-state index contributed by atoms with van der Waals surface area (Å²) in [6, 6.07) is 4.15. The molecule has 1 aliphatic rings. The van der Waals surface area contributed by atoms with Crippen LogP contribution in [-0.2, 0) is 4.79 Å². The highest BCUT2D eigenvalue weighted by molar-refractivity contribution is 5.76. The van der Waals surface area contributed by atoms with E-state index in [-0.39, 0.29) is 11.8 Å². The predicted molar refractivity (Wildman–Crippen MR) is 79.7 cm³/mol. The molecule has 5 heteroatoms. The fourth-order valence-electron chi connectivity index (χ4n) is 2.88. The molecule has 21 heavy (non-hydrogen) atoms. The van der Waals surface area contributed by atoms with Crippen LogP contribution in [0.1, 0.15) is 50.1 Å². The number of aliphatic carboxylic acids is 1. The van der Waals surface area contributed by atoms with Gasteiger partial charge in [0.1, 0.15) is 6.04 Å². The number of nitrogens with one attached hydrogen (secondary N) is 1. The van der Waals surface area contributed by atoms with E-state index in [9.17, 15) is 15.0 Å². The number of aromatic hydroxyl groups is 1. The summed E-state index contributed by atoms with van der Waals surface area (Å²) in [5.74, 6) is -0.620. The van der Waals surface area contributed by atoms with Crippen LogP contribution in [-0.4, -0.2) is 29.3 Å². The normalized spacial score (nSPS) is 18.0. The molecule has 2 rings (SSSR count). The number of hydrogen-bond donors (Lipinski definition) is 3. The van der Waals surface area contributed by atoms with Gasteiger partial charge in [-0.1, -0.05) is 31.7 Å². The maximum Gasteiger partial charge on any atom is 0.325 e. The summed E-state index contributed by atoms with van der Waals surface area (Å²) in [4.78, 5) is 11.5. The van der Waals surface area contributed by atoms with Crippen LogP contribution in [0.5, 0.6) is 11.5 Å². The predicted octanol–water partition coefficient (Wildman–Crippen LogP) is 2.84. The van der Waals surface area contributed by atoms with E-state index >= 15 is 0 Å². The van der Waals surface area contributed by atoms with Crippen molar-refractivity contribution in [1.82, 2.24) is 5.32 Å². The highest BCUT2D eigenvalue weighted by atomic mass is 16.5. The Labute approximate surface area is 124 Å². The van der Waals surface area contributed by atoms with E-state index in [2.05, 4.69) is 5.32 Å². The Morgan fingerprint density at radius 2 is 1.95 bits per heavy atom. The van der Waals surface area contributed by atoms with Gasteiger partial charge >= 0.3 is 5.97 Å². The van der Waals surface area contributed by atoms with E-state index in [1.54, 1.807) is 12.1 Å². The second-order valence-corrected chi connectivity index (χ2v) is 5.56. The summed E-state index contributed by atoms with van der Waals surface area (Å²) in [5, 5.41) is 22.5. The second-order valence-electron chi connectivity index (χ2n) is 5.56. The van der Waals surface area contributed by atoms with Crippen molar-refractivity contribution in [3.63, 3.8) is 0 Å². The summed E-state index contributed by atoms with van der Waals surface area (Å²) in [6.45, 7) is 0. The number of phenolic OH excluding ortho intramolecular Hbond substituents is 1. The van der Waals surface area contributed by atoms with Crippen molar-refractivity contribution in [1.29, 1.82) is 0 Å². The van der Waals surface area contributed by atoms with Gasteiger partial charge in [0.15, 0.2) is 11.5 Å². The molecule has 1 unspecified atom stereocenters. The van der Waals surface area contributed by atoms with Gasteiger partial charge < -0.3 is 14.9 Å². The van der Waals surface area contributed by atoms with Crippen LogP contribution in [0.2, 0.25) is 0 Å². The molecule has 0 spiro atoms. The van der Waals surface area contributed by atoms with Crippen molar-refractivity contribution < 1.29 is 19.7 Å². The summed E-state index contributed by atoms with van der Waals surface area (Å²) >= 11 is 0. The third-order valence-corrected chi connectivity index (χ3v) is 4.04. The number of ether oxygens (including phenoxy) is 1. The number of carboxylic acid groups (broad SMARTS) is 1. The van der Waals surface area contributed by atoms with E-state index in [4.69, 9.17) is 4.74 Å². The highest BCUT2D eigenvalue weighted by Gasteiger charge is 2.24. The molecule has 0 aromatic heterocycles. The molecule has 0 heterocycles. The van der Waals surface area contributed by atoms with Crippen LogP contribution in [0.15, 0.2) is 18.2 Å².